The van der Waals surface area contributed by atoms with Gasteiger partial charge < -0.3 is 10.1 Å². The Morgan fingerprint density at radius 3 is 2.37 bits per heavy atom. The predicted molar refractivity (Wildman–Crippen MR) is 81.4 cm³/mol. The van der Waals surface area contributed by atoms with Crippen LogP contribution in [0, 0.1) is 11.8 Å². The van der Waals surface area contributed by atoms with Gasteiger partial charge in [-0.1, -0.05) is 13.8 Å². The SMILES string of the molecule is COC(CNC(=O)C1CCN(C(C)S)CC1)C(C)C. The number of carbonyl (C=O) groups excluding carboxylic acids is 1. The van der Waals surface area contributed by atoms with Crippen molar-refractivity contribution in [3.8, 4) is 0 Å². The number of hydrogen-bond acceptors (Lipinski definition) is 4. The molecule has 1 fully saturated rings. The first-order chi connectivity index (χ1) is 8.95. The lowest BCUT2D eigenvalue weighted by Gasteiger charge is -2.33. The van der Waals surface area contributed by atoms with Crippen molar-refractivity contribution in [2.24, 2.45) is 11.8 Å². The molecular formula is C14H28N2O2S. The zero-order chi connectivity index (χ0) is 14.4. The van der Waals surface area contributed by atoms with Gasteiger partial charge in [-0.2, -0.15) is 12.6 Å². The van der Waals surface area contributed by atoms with Crippen molar-refractivity contribution in [1.82, 2.24) is 10.2 Å². The predicted octanol–water partition coefficient (Wildman–Crippen LogP) is 1.76. The highest BCUT2D eigenvalue weighted by molar-refractivity contribution is 7.80. The van der Waals surface area contributed by atoms with Crippen LogP contribution < -0.4 is 5.32 Å². The molecule has 112 valence electrons. The highest BCUT2D eigenvalue weighted by Crippen LogP contribution is 2.20. The summed E-state index contributed by atoms with van der Waals surface area (Å²) >= 11 is 4.43. The van der Waals surface area contributed by atoms with Crippen molar-refractivity contribution in [3.05, 3.63) is 0 Å². The van der Waals surface area contributed by atoms with Crippen molar-refractivity contribution in [3.63, 3.8) is 0 Å². The molecule has 0 aromatic rings. The molecule has 0 spiro atoms. The van der Waals surface area contributed by atoms with Crippen LogP contribution in [0.2, 0.25) is 0 Å². The Hall–Kier alpha value is -0.260. The van der Waals surface area contributed by atoms with Crippen LogP contribution in [-0.4, -0.2) is 49.0 Å². The number of amides is 1. The van der Waals surface area contributed by atoms with Crippen molar-refractivity contribution in [1.29, 1.82) is 0 Å². The van der Waals surface area contributed by atoms with E-state index in [9.17, 15) is 4.79 Å². The molecule has 2 unspecified atom stereocenters. The second-order valence-corrected chi connectivity index (χ2v) is 6.45. The van der Waals surface area contributed by atoms with E-state index in [1.54, 1.807) is 7.11 Å². The van der Waals surface area contributed by atoms with Gasteiger partial charge >= 0.3 is 0 Å². The maximum absolute atomic E-state index is 12.1. The lowest BCUT2D eigenvalue weighted by Crippen LogP contribution is -2.44. The number of nitrogens with one attached hydrogen (secondary N) is 1. The van der Waals surface area contributed by atoms with Crippen molar-refractivity contribution in [2.75, 3.05) is 26.7 Å². The second-order valence-electron chi connectivity index (χ2n) is 5.71. The van der Waals surface area contributed by atoms with Gasteiger partial charge in [0.25, 0.3) is 0 Å². The first-order valence-electron chi connectivity index (χ1n) is 7.18. The van der Waals surface area contributed by atoms with Gasteiger partial charge in [-0.25, -0.2) is 0 Å². The number of likely N-dealkylation sites (tertiary alicyclic amines) is 1. The maximum atomic E-state index is 12.1. The Bertz CT molecular complexity index is 277. The summed E-state index contributed by atoms with van der Waals surface area (Å²) in [6, 6.07) is 0. The summed E-state index contributed by atoms with van der Waals surface area (Å²) < 4.78 is 5.36. The van der Waals surface area contributed by atoms with E-state index < -0.39 is 0 Å². The molecular weight excluding hydrogens is 260 g/mol. The van der Waals surface area contributed by atoms with Gasteiger partial charge in [-0.05, 0) is 38.8 Å². The first-order valence-corrected chi connectivity index (χ1v) is 7.70. The van der Waals surface area contributed by atoms with Crippen LogP contribution in [0.3, 0.4) is 0 Å². The summed E-state index contributed by atoms with van der Waals surface area (Å²) in [4.78, 5) is 14.4. The summed E-state index contributed by atoms with van der Waals surface area (Å²) in [5.41, 5.74) is 0. The number of methoxy groups -OCH3 is 1. The molecule has 4 nitrogen and oxygen atoms in total. The third kappa shape index (κ3) is 5.32. The monoisotopic (exact) mass is 288 g/mol. The molecule has 1 N–H and O–H groups in total. The van der Waals surface area contributed by atoms with E-state index >= 15 is 0 Å². The van der Waals surface area contributed by atoms with Gasteiger partial charge in [0.05, 0.1) is 6.10 Å². The Morgan fingerprint density at radius 2 is 1.95 bits per heavy atom. The smallest absolute Gasteiger partial charge is 0.223 e. The van der Waals surface area contributed by atoms with Crippen LogP contribution >= 0.6 is 12.6 Å². The molecule has 0 radical (unpaired) electrons. The summed E-state index contributed by atoms with van der Waals surface area (Å²) in [6.45, 7) is 8.81. The zero-order valence-corrected chi connectivity index (χ0v) is 13.5. The number of thiol groups is 1. The number of piperidine rings is 1. The van der Waals surface area contributed by atoms with Gasteiger partial charge in [0.1, 0.15) is 0 Å². The lowest BCUT2D eigenvalue weighted by molar-refractivity contribution is -0.127. The van der Waals surface area contributed by atoms with E-state index in [-0.39, 0.29) is 23.3 Å². The van der Waals surface area contributed by atoms with Crippen LogP contribution in [0.5, 0.6) is 0 Å². The largest absolute Gasteiger partial charge is 0.379 e. The van der Waals surface area contributed by atoms with Gasteiger partial charge in [0.2, 0.25) is 5.91 Å². The van der Waals surface area contributed by atoms with Crippen molar-refractivity contribution >= 4 is 18.5 Å². The molecule has 0 aromatic heterocycles. The van der Waals surface area contributed by atoms with E-state index in [4.69, 9.17) is 4.74 Å². The molecule has 19 heavy (non-hydrogen) atoms. The van der Waals surface area contributed by atoms with Crippen LogP contribution in [0.25, 0.3) is 0 Å². The average Bonchev–Trinajstić information content (AvgIpc) is 2.38. The molecule has 5 heteroatoms. The molecule has 0 aliphatic carbocycles. The third-order valence-electron chi connectivity index (χ3n) is 3.95. The minimum absolute atomic E-state index is 0.0986. The number of rotatable bonds is 6. The van der Waals surface area contributed by atoms with E-state index in [0.717, 1.165) is 25.9 Å². The fourth-order valence-corrected chi connectivity index (χ4v) is 2.70. The molecule has 2 atom stereocenters. The molecule has 0 saturated carbocycles. The van der Waals surface area contributed by atoms with E-state index in [1.807, 2.05) is 0 Å². The minimum atomic E-state index is 0.0986. The molecule has 1 amide bonds. The van der Waals surface area contributed by atoms with Crippen molar-refractivity contribution in [2.45, 2.75) is 45.1 Å². The summed E-state index contributed by atoms with van der Waals surface area (Å²) in [6.07, 6.45) is 1.95. The molecule has 1 saturated heterocycles. The highest BCUT2D eigenvalue weighted by atomic mass is 32.1. The molecule has 0 bridgehead atoms. The van der Waals surface area contributed by atoms with E-state index in [0.29, 0.717) is 12.5 Å². The average molecular weight is 288 g/mol. The standard InChI is InChI=1S/C14H28N2O2S/c1-10(2)13(18-4)9-15-14(17)12-5-7-16(8-6-12)11(3)19/h10-13,19H,5-9H2,1-4H3,(H,15,17). The Balaban J connectivity index is 2.31. The summed E-state index contributed by atoms with van der Waals surface area (Å²) in [7, 11) is 1.70. The van der Waals surface area contributed by atoms with Crippen LogP contribution in [0.4, 0.5) is 0 Å². The van der Waals surface area contributed by atoms with Crippen molar-refractivity contribution < 1.29 is 9.53 Å². The highest BCUT2D eigenvalue weighted by Gasteiger charge is 2.26. The fourth-order valence-electron chi connectivity index (χ4n) is 2.47. The van der Waals surface area contributed by atoms with Gasteiger partial charge in [0, 0.05) is 24.9 Å². The second kappa shape index (κ2) is 8.12. The molecule has 1 aliphatic heterocycles. The normalized spacial score (nSPS) is 21.4. The first kappa shape index (κ1) is 16.8. The number of ether oxygens (including phenoxy) is 1. The van der Waals surface area contributed by atoms with Crippen LogP contribution in [-0.2, 0) is 9.53 Å². The van der Waals surface area contributed by atoms with E-state index in [1.165, 1.54) is 0 Å². The molecule has 1 aliphatic rings. The topological polar surface area (TPSA) is 41.6 Å². The van der Waals surface area contributed by atoms with Gasteiger partial charge in [0.15, 0.2) is 0 Å². The van der Waals surface area contributed by atoms with Crippen LogP contribution in [0.1, 0.15) is 33.6 Å². The fraction of sp³-hybridized carbons (Fsp3) is 0.929. The third-order valence-corrected chi connectivity index (χ3v) is 4.28. The Morgan fingerprint density at radius 1 is 1.37 bits per heavy atom. The Labute approximate surface area is 122 Å². The lowest BCUT2D eigenvalue weighted by atomic mass is 9.95. The summed E-state index contributed by atoms with van der Waals surface area (Å²) in [5.74, 6) is 0.736. The number of carbonyl (C=O) groups is 1. The number of nitrogens with zero attached hydrogens (tertiary/aromatic N) is 1. The van der Waals surface area contributed by atoms with Crippen LogP contribution in [0.15, 0.2) is 0 Å². The van der Waals surface area contributed by atoms with Gasteiger partial charge in [-0.3, -0.25) is 9.69 Å². The molecule has 0 aromatic carbocycles. The minimum Gasteiger partial charge on any atom is -0.379 e. The number of hydrogen-bond donors (Lipinski definition) is 2. The maximum Gasteiger partial charge on any atom is 0.223 e. The van der Waals surface area contributed by atoms with Gasteiger partial charge in [-0.15, -0.1) is 0 Å². The quantitative estimate of drug-likeness (QED) is 0.732. The molecule has 1 rings (SSSR count). The zero-order valence-electron chi connectivity index (χ0n) is 12.6. The van der Waals surface area contributed by atoms with E-state index in [2.05, 4.69) is 43.6 Å². The Kier molecular flexibility index (Phi) is 7.18. The summed E-state index contributed by atoms with van der Waals surface area (Å²) in [5, 5.41) is 3.31. The molecule has 1 heterocycles.